The maximum Gasteiger partial charge on any atom is 0.0630 e. The highest BCUT2D eigenvalue weighted by molar-refractivity contribution is 6.31. The second-order valence-electron chi connectivity index (χ2n) is 4.76. The van der Waals surface area contributed by atoms with E-state index in [1.165, 1.54) is 6.07 Å². The average molecular weight is 326 g/mol. The number of fused-ring (bicyclic) bond motifs is 1. The molecule has 0 unspecified atom stereocenters. The molecule has 23 heavy (non-hydrogen) atoms. The zero-order valence-corrected chi connectivity index (χ0v) is 12.4. The van der Waals surface area contributed by atoms with Gasteiger partial charge in [0.25, 0.3) is 0 Å². The molecule has 110 valence electrons. The van der Waals surface area contributed by atoms with Gasteiger partial charge in [0.2, 0.25) is 0 Å². The normalized spacial score (nSPS) is 17.5. The van der Waals surface area contributed by atoms with Crippen LogP contribution >= 0.6 is 11.6 Å². The maximum absolute atomic E-state index is 8.73. The van der Waals surface area contributed by atoms with Gasteiger partial charge in [-0.1, -0.05) is 90.2 Å². The summed E-state index contributed by atoms with van der Waals surface area (Å²) < 4.78 is 91.5. The van der Waals surface area contributed by atoms with Gasteiger partial charge in [-0.3, -0.25) is 0 Å². The van der Waals surface area contributed by atoms with E-state index in [4.69, 9.17) is 26.7 Å². The average Bonchev–Trinajstić information content (AvgIpc) is 2.81. The lowest BCUT2D eigenvalue weighted by molar-refractivity contribution is 1.62. The van der Waals surface area contributed by atoms with E-state index in [1.54, 1.807) is 18.2 Å². The summed E-state index contributed by atoms with van der Waals surface area (Å²) in [6.07, 6.45) is 0. The highest BCUT2D eigenvalue weighted by Crippen LogP contribution is 2.36. The molecule has 0 aromatic heterocycles. The van der Waals surface area contributed by atoms with Gasteiger partial charge in [0.05, 0.1) is 15.1 Å². The van der Waals surface area contributed by atoms with Crippen LogP contribution in [0.1, 0.15) is 15.1 Å². The summed E-state index contributed by atoms with van der Waals surface area (Å²) in [5.41, 5.74) is -0.355. The van der Waals surface area contributed by atoms with Gasteiger partial charge in [-0.25, -0.2) is 0 Å². The van der Waals surface area contributed by atoms with Crippen molar-refractivity contribution in [1.29, 1.82) is 0 Å². The lowest BCUT2D eigenvalue weighted by Crippen LogP contribution is -1.86. The summed E-state index contributed by atoms with van der Waals surface area (Å²) in [5.74, 6) is 0. The van der Waals surface area contributed by atoms with Gasteiger partial charge in [-0.15, -0.1) is 0 Å². The second kappa shape index (κ2) is 5.91. The molecule has 0 nitrogen and oxygen atoms in total. The molecule has 4 rings (SSSR count). The Kier molecular flexibility index (Phi) is 1.67. The number of hydrogen-bond acceptors (Lipinski definition) is 0. The minimum atomic E-state index is -0.658. The second-order valence-corrected chi connectivity index (χ2v) is 5.20. The monoisotopic (exact) mass is 325 g/mol. The van der Waals surface area contributed by atoms with Gasteiger partial charge in [-0.05, 0) is 45.2 Å². The smallest absolute Gasteiger partial charge is 0.0630 e. The summed E-state index contributed by atoms with van der Waals surface area (Å²) in [4.78, 5) is 0. The van der Waals surface area contributed by atoms with E-state index in [2.05, 4.69) is 0 Å². The standard InChI is InChI=1S/C22H15Cl/c23-18-10-6-9-17(15-18)20-14-13-19(16-7-2-1-3-8-16)21-11-4-5-12-22(20)21/h1-15H/i1D,2D,3D,4D,5D,7D,8D,11D,12D,13D,14D. The number of halogens is 1. The van der Waals surface area contributed by atoms with E-state index in [-0.39, 0.29) is 21.9 Å². The van der Waals surface area contributed by atoms with Crippen molar-refractivity contribution in [2.24, 2.45) is 0 Å². The highest BCUT2D eigenvalue weighted by Gasteiger charge is 2.09. The van der Waals surface area contributed by atoms with Crippen LogP contribution in [0.25, 0.3) is 33.0 Å². The first-order valence-electron chi connectivity index (χ1n) is 12.3. The Labute approximate surface area is 156 Å². The molecule has 0 aliphatic carbocycles. The Balaban J connectivity index is 2.36. The van der Waals surface area contributed by atoms with Crippen molar-refractivity contribution in [3.8, 4) is 22.3 Å². The summed E-state index contributed by atoms with van der Waals surface area (Å²) in [5, 5.41) is 0.00342. The van der Waals surface area contributed by atoms with Crippen molar-refractivity contribution in [3.05, 3.63) is 95.8 Å². The SMILES string of the molecule is [2H]c1c([2H])c([2H])c(-c2c([2H])c([2H])c(-c3cccc(Cl)c3)c3c([2H])c([2H])c([2H])c([2H])c23)c([2H])c1[2H]. The van der Waals surface area contributed by atoms with Gasteiger partial charge in [-0.2, -0.15) is 0 Å². The Morgan fingerprint density at radius 1 is 0.652 bits per heavy atom. The van der Waals surface area contributed by atoms with Crippen LogP contribution in [0.3, 0.4) is 0 Å². The Morgan fingerprint density at radius 3 is 1.91 bits per heavy atom. The molecular formula is C22H15Cl. The quantitative estimate of drug-likeness (QED) is 0.379. The van der Waals surface area contributed by atoms with Gasteiger partial charge in [0.15, 0.2) is 0 Å². The largest absolute Gasteiger partial charge is 0.0843 e. The molecule has 1 heteroatoms. The van der Waals surface area contributed by atoms with Crippen LogP contribution < -0.4 is 0 Å². The molecule has 0 amide bonds. The molecule has 4 aromatic carbocycles. The van der Waals surface area contributed by atoms with Crippen LogP contribution in [0, 0.1) is 0 Å². The van der Waals surface area contributed by atoms with Crippen molar-refractivity contribution >= 4 is 22.4 Å². The van der Waals surface area contributed by atoms with Crippen LogP contribution in [0.5, 0.6) is 0 Å². The minimum absolute atomic E-state index is 0.0330. The summed E-state index contributed by atoms with van der Waals surface area (Å²) in [6, 6.07) is -0.117. The molecule has 0 aliphatic heterocycles. The van der Waals surface area contributed by atoms with E-state index in [9.17, 15) is 0 Å². The first-order chi connectivity index (χ1) is 15.9. The van der Waals surface area contributed by atoms with Crippen molar-refractivity contribution < 1.29 is 15.1 Å². The molecule has 0 aliphatic rings. The van der Waals surface area contributed by atoms with Crippen LogP contribution in [0.2, 0.25) is 5.02 Å². The number of hydrogen-bond donors (Lipinski definition) is 0. The Hall–Kier alpha value is -2.57. The zero-order valence-electron chi connectivity index (χ0n) is 22.7. The summed E-state index contributed by atoms with van der Waals surface area (Å²) >= 11 is 6.12. The molecular weight excluding hydrogens is 300 g/mol. The lowest BCUT2D eigenvalue weighted by Gasteiger charge is -2.12. The molecule has 0 heterocycles. The van der Waals surface area contributed by atoms with Gasteiger partial charge >= 0.3 is 0 Å². The molecule has 0 N–H and O–H groups in total. The van der Waals surface area contributed by atoms with E-state index >= 15 is 0 Å². The Bertz CT molecular complexity index is 1500. The van der Waals surface area contributed by atoms with Crippen molar-refractivity contribution in [3.63, 3.8) is 0 Å². The van der Waals surface area contributed by atoms with Crippen LogP contribution in [-0.4, -0.2) is 0 Å². The number of benzene rings is 4. The van der Waals surface area contributed by atoms with Crippen molar-refractivity contribution in [1.82, 2.24) is 0 Å². The minimum Gasteiger partial charge on any atom is -0.0843 e. The number of rotatable bonds is 2. The maximum atomic E-state index is 8.73. The Morgan fingerprint density at radius 2 is 1.26 bits per heavy atom. The molecule has 0 saturated heterocycles. The van der Waals surface area contributed by atoms with Gasteiger partial charge < -0.3 is 0 Å². The van der Waals surface area contributed by atoms with Crippen LogP contribution in [0.4, 0.5) is 0 Å². The fourth-order valence-electron chi connectivity index (χ4n) is 2.36. The molecule has 0 fully saturated rings. The predicted molar refractivity (Wildman–Crippen MR) is 99.8 cm³/mol. The first-order valence-corrected chi connectivity index (χ1v) is 7.14. The van der Waals surface area contributed by atoms with Gasteiger partial charge in [0.1, 0.15) is 0 Å². The third kappa shape index (κ3) is 2.62. The van der Waals surface area contributed by atoms with E-state index in [0.717, 1.165) is 0 Å². The van der Waals surface area contributed by atoms with Gasteiger partial charge in [0, 0.05) is 5.02 Å². The molecule has 0 atom stereocenters. The molecule has 4 aromatic rings. The van der Waals surface area contributed by atoms with E-state index in [0.29, 0.717) is 10.6 Å². The molecule has 0 bridgehead atoms. The first kappa shape index (κ1) is 6.51. The van der Waals surface area contributed by atoms with Crippen molar-refractivity contribution in [2.45, 2.75) is 0 Å². The predicted octanol–water partition coefficient (Wildman–Crippen LogP) is 6.83. The molecule has 0 saturated carbocycles. The van der Waals surface area contributed by atoms with Crippen molar-refractivity contribution in [2.75, 3.05) is 0 Å². The lowest BCUT2D eigenvalue weighted by atomic mass is 9.92. The highest BCUT2D eigenvalue weighted by atomic mass is 35.5. The fourth-order valence-corrected chi connectivity index (χ4v) is 2.55. The third-order valence-corrected chi connectivity index (χ3v) is 3.60. The fraction of sp³-hybridized carbons (Fsp3) is 0. The third-order valence-electron chi connectivity index (χ3n) is 3.36. The van der Waals surface area contributed by atoms with E-state index < -0.39 is 72.0 Å². The van der Waals surface area contributed by atoms with Crippen LogP contribution in [0.15, 0.2) is 90.7 Å². The zero-order chi connectivity index (χ0) is 25.2. The summed E-state index contributed by atoms with van der Waals surface area (Å²) in [6.45, 7) is 0. The van der Waals surface area contributed by atoms with E-state index in [1.807, 2.05) is 0 Å². The molecule has 0 spiro atoms. The van der Waals surface area contributed by atoms with Crippen LogP contribution in [-0.2, 0) is 0 Å². The topological polar surface area (TPSA) is 0 Å². The molecule has 0 radical (unpaired) electrons. The summed E-state index contributed by atoms with van der Waals surface area (Å²) in [7, 11) is 0.